The monoisotopic (exact) mass is 156 g/mol. The highest BCUT2D eigenvalue weighted by Crippen LogP contribution is 2.42. The van der Waals surface area contributed by atoms with Crippen molar-refractivity contribution in [3.63, 3.8) is 0 Å². The molecule has 0 saturated carbocycles. The van der Waals surface area contributed by atoms with Crippen molar-refractivity contribution >= 4 is 21.6 Å². The molecule has 1 unspecified atom stereocenters. The maximum atomic E-state index is 3.70. The molecule has 1 heterocycles. The largest absolute Gasteiger partial charge is 0.102 e. The molecule has 1 aliphatic rings. The number of rotatable bonds is 2. The first kappa shape index (κ1) is 7.03. The number of hydrogen-bond acceptors (Lipinski definition) is 2. The topological polar surface area (TPSA) is 0 Å². The zero-order valence-corrected chi connectivity index (χ0v) is 6.67. The molecule has 2 heteroatoms. The molecule has 0 aromatic carbocycles. The van der Waals surface area contributed by atoms with E-state index in [9.17, 15) is 0 Å². The Bertz CT molecular complexity index is 158. The van der Waals surface area contributed by atoms with E-state index in [4.69, 9.17) is 0 Å². The Kier molecular flexibility index (Phi) is 2.49. The summed E-state index contributed by atoms with van der Waals surface area (Å²) in [6, 6.07) is 0. The van der Waals surface area contributed by atoms with Gasteiger partial charge in [-0.1, -0.05) is 46.4 Å². The average Bonchev–Trinajstić information content (AvgIpc) is 2.34. The third-order valence-corrected chi connectivity index (χ3v) is 3.69. The predicted molar refractivity (Wildman–Crippen MR) is 47.4 cm³/mol. The first-order valence-electron chi connectivity index (χ1n) is 2.67. The maximum absolute atomic E-state index is 3.70. The normalized spacial score (nSPS) is 25.3. The van der Waals surface area contributed by atoms with Gasteiger partial charge in [0.25, 0.3) is 0 Å². The highest BCUT2D eigenvalue weighted by molar-refractivity contribution is 8.79. The molecule has 0 aromatic rings. The molecule has 1 atom stereocenters. The summed E-state index contributed by atoms with van der Waals surface area (Å²) in [5, 5.41) is 0.489. The number of allylic oxidation sites excluding steroid dienone is 1. The van der Waals surface area contributed by atoms with E-state index in [1.807, 2.05) is 22.9 Å². The molecule has 0 aromatic heterocycles. The predicted octanol–water partition coefficient (Wildman–Crippen LogP) is 3.01. The highest BCUT2D eigenvalue weighted by atomic mass is 33.1. The van der Waals surface area contributed by atoms with Gasteiger partial charge >= 0.3 is 0 Å². The highest BCUT2D eigenvalue weighted by Gasteiger charge is 2.10. The minimum atomic E-state index is 0.489. The van der Waals surface area contributed by atoms with Gasteiger partial charge in [-0.05, 0) is 0 Å². The lowest BCUT2D eigenvalue weighted by Crippen LogP contribution is -1.82. The third kappa shape index (κ3) is 1.66. The van der Waals surface area contributed by atoms with Gasteiger partial charge in [-0.25, -0.2) is 0 Å². The molecule has 0 bridgehead atoms. The Morgan fingerprint density at radius 3 is 2.67 bits per heavy atom. The van der Waals surface area contributed by atoms with Gasteiger partial charge in [-0.15, -0.1) is 6.58 Å². The minimum Gasteiger partial charge on any atom is -0.102 e. The van der Waals surface area contributed by atoms with E-state index in [1.165, 1.54) is 4.91 Å². The molecule has 0 aliphatic carbocycles. The summed E-state index contributed by atoms with van der Waals surface area (Å²) in [5.74, 6) is 0. The van der Waals surface area contributed by atoms with E-state index in [-0.39, 0.29) is 0 Å². The van der Waals surface area contributed by atoms with Crippen LogP contribution in [0.3, 0.4) is 0 Å². The Morgan fingerprint density at radius 2 is 2.33 bits per heavy atom. The Morgan fingerprint density at radius 1 is 1.56 bits per heavy atom. The van der Waals surface area contributed by atoms with E-state index in [2.05, 4.69) is 19.2 Å². The summed E-state index contributed by atoms with van der Waals surface area (Å²) in [6.07, 6.45) is 5.98. The summed E-state index contributed by atoms with van der Waals surface area (Å²) in [7, 11) is 3.57. The lowest BCUT2D eigenvalue weighted by atomic mass is 10.3. The summed E-state index contributed by atoms with van der Waals surface area (Å²) >= 11 is 0. The second-order valence-electron chi connectivity index (χ2n) is 1.65. The van der Waals surface area contributed by atoms with Crippen LogP contribution >= 0.6 is 21.6 Å². The molecule has 48 valence electrons. The summed E-state index contributed by atoms with van der Waals surface area (Å²) in [6.45, 7) is 7.37. The minimum absolute atomic E-state index is 0.489. The van der Waals surface area contributed by atoms with Crippen LogP contribution in [0.15, 0.2) is 36.3 Å². The van der Waals surface area contributed by atoms with Gasteiger partial charge in [0.05, 0.1) is 5.25 Å². The number of hydrogen-bond donors (Lipinski definition) is 0. The van der Waals surface area contributed by atoms with Crippen molar-refractivity contribution in [3.05, 3.63) is 36.3 Å². The molecule has 9 heavy (non-hydrogen) atoms. The zero-order chi connectivity index (χ0) is 6.69. The molecule has 1 rings (SSSR count). The van der Waals surface area contributed by atoms with Gasteiger partial charge in [0.15, 0.2) is 0 Å². The fraction of sp³-hybridized carbons (Fsp3) is 0.143. The summed E-state index contributed by atoms with van der Waals surface area (Å²) in [4.78, 5) is 1.25. The van der Waals surface area contributed by atoms with Crippen molar-refractivity contribution in [2.75, 3.05) is 0 Å². The quantitative estimate of drug-likeness (QED) is 0.445. The molecule has 1 aliphatic heterocycles. The maximum Gasteiger partial charge on any atom is 0.0526 e. The third-order valence-electron chi connectivity index (χ3n) is 1.02. The van der Waals surface area contributed by atoms with Crippen molar-refractivity contribution in [1.82, 2.24) is 0 Å². The molecule has 0 saturated heterocycles. The van der Waals surface area contributed by atoms with Crippen LogP contribution in [0.2, 0.25) is 0 Å². The van der Waals surface area contributed by atoms with Gasteiger partial charge in [-0.2, -0.15) is 0 Å². The van der Waals surface area contributed by atoms with E-state index < -0.39 is 0 Å². The van der Waals surface area contributed by atoms with Crippen molar-refractivity contribution in [3.8, 4) is 0 Å². The van der Waals surface area contributed by atoms with Crippen molar-refractivity contribution < 1.29 is 0 Å². The molecule has 0 fully saturated rings. The van der Waals surface area contributed by atoms with Crippen LogP contribution in [0.25, 0.3) is 0 Å². The SMILES string of the molecule is C=CC1=CC(C=C)SS1. The lowest BCUT2D eigenvalue weighted by molar-refractivity contribution is 1.45. The van der Waals surface area contributed by atoms with E-state index in [0.717, 1.165) is 0 Å². The van der Waals surface area contributed by atoms with Gasteiger partial charge in [0.2, 0.25) is 0 Å². The lowest BCUT2D eigenvalue weighted by Gasteiger charge is -1.91. The first-order valence-corrected chi connectivity index (χ1v) is 4.88. The van der Waals surface area contributed by atoms with E-state index in [1.54, 1.807) is 10.8 Å². The van der Waals surface area contributed by atoms with Crippen LogP contribution in [-0.4, -0.2) is 5.25 Å². The second kappa shape index (κ2) is 3.18. The van der Waals surface area contributed by atoms with Crippen LogP contribution in [0.4, 0.5) is 0 Å². The van der Waals surface area contributed by atoms with Gasteiger partial charge in [0.1, 0.15) is 0 Å². The van der Waals surface area contributed by atoms with Crippen molar-refractivity contribution in [2.45, 2.75) is 5.25 Å². The van der Waals surface area contributed by atoms with Gasteiger partial charge in [0, 0.05) is 4.91 Å². The smallest absolute Gasteiger partial charge is 0.0526 e. The Balaban J connectivity index is 2.59. The summed E-state index contributed by atoms with van der Waals surface area (Å²) in [5.41, 5.74) is 0. The molecule has 0 nitrogen and oxygen atoms in total. The average molecular weight is 156 g/mol. The first-order chi connectivity index (χ1) is 4.36. The fourth-order valence-electron chi connectivity index (χ4n) is 0.538. The van der Waals surface area contributed by atoms with Gasteiger partial charge < -0.3 is 0 Å². The van der Waals surface area contributed by atoms with Crippen LogP contribution in [0, 0.1) is 0 Å². The molecular formula is C7H8S2. The molecule has 0 spiro atoms. The van der Waals surface area contributed by atoms with Crippen LogP contribution in [0.5, 0.6) is 0 Å². The molecule has 0 N–H and O–H groups in total. The molecular weight excluding hydrogens is 148 g/mol. The Labute approximate surface area is 63.5 Å². The van der Waals surface area contributed by atoms with Crippen molar-refractivity contribution in [2.24, 2.45) is 0 Å². The fourth-order valence-corrected chi connectivity index (χ4v) is 2.84. The standard InChI is InChI=1S/C7H8S2/c1-3-6-5-7(4-2)9-8-6/h3-6H,1-2H2. The van der Waals surface area contributed by atoms with E-state index >= 15 is 0 Å². The molecule has 0 amide bonds. The van der Waals surface area contributed by atoms with E-state index in [0.29, 0.717) is 5.25 Å². The van der Waals surface area contributed by atoms with Crippen molar-refractivity contribution in [1.29, 1.82) is 0 Å². The van der Waals surface area contributed by atoms with Crippen LogP contribution in [0.1, 0.15) is 0 Å². The molecule has 0 radical (unpaired) electrons. The summed E-state index contributed by atoms with van der Waals surface area (Å²) < 4.78 is 0. The zero-order valence-electron chi connectivity index (χ0n) is 5.04. The van der Waals surface area contributed by atoms with Crippen LogP contribution in [-0.2, 0) is 0 Å². The van der Waals surface area contributed by atoms with Gasteiger partial charge in [-0.3, -0.25) is 0 Å². The van der Waals surface area contributed by atoms with Crippen LogP contribution < -0.4 is 0 Å². The second-order valence-corrected chi connectivity index (χ2v) is 4.11. The Hall–Kier alpha value is -0.0800.